The smallest absolute Gasteiger partial charge is 0.258 e. The molecule has 1 atom stereocenters. The molecular formula is C20H22N2O3S. The van der Waals surface area contributed by atoms with Crippen molar-refractivity contribution in [2.24, 2.45) is 0 Å². The van der Waals surface area contributed by atoms with Crippen molar-refractivity contribution in [3.63, 3.8) is 0 Å². The fraction of sp³-hybridized carbons (Fsp3) is 0.350. The third-order valence-corrected chi connectivity index (χ3v) is 7.05. The molecule has 136 valence electrons. The Morgan fingerprint density at radius 3 is 2.50 bits per heavy atom. The van der Waals surface area contributed by atoms with Crippen molar-refractivity contribution < 1.29 is 13.2 Å². The summed E-state index contributed by atoms with van der Waals surface area (Å²) in [5.41, 5.74) is 3.36. The van der Waals surface area contributed by atoms with Crippen molar-refractivity contribution >= 4 is 27.3 Å². The van der Waals surface area contributed by atoms with Gasteiger partial charge in [-0.25, -0.2) is 8.42 Å². The van der Waals surface area contributed by atoms with Gasteiger partial charge in [-0.05, 0) is 62.1 Å². The van der Waals surface area contributed by atoms with E-state index in [0.717, 1.165) is 18.5 Å². The van der Waals surface area contributed by atoms with Gasteiger partial charge in [0.1, 0.15) is 0 Å². The number of hydrogen-bond acceptors (Lipinski definition) is 3. The van der Waals surface area contributed by atoms with Gasteiger partial charge >= 0.3 is 0 Å². The lowest BCUT2D eigenvalue weighted by atomic mass is 10.1. The number of carbonyl (C=O) groups excluding carboxylic acids is 1. The van der Waals surface area contributed by atoms with E-state index in [9.17, 15) is 13.2 Å². The molecule has 1 fully saturated rings. The second-order valence-corrected chi connectivity index (χ2v) is 9.01. The fourth-order valence-corrected chi connectivity index (χ4v) is 5.50. The van der Waals surface area contributed by atoms with Crippen LogP contribution in [0.3, 0.4) is 0 Å². The highest BCUT2D eigenvalue weighted by Crippen LogP contribution is 2.33. The van der Waals surface area contributed by atoms with Crippen molar-refractivity contribution in [1.82, 2.24) is 0 Å². The molecular weight excluding hydrogens is 348 g/mol. The summed E-state index contributed by atoms with van der Waals surface area (Å²) >= 11 is 0. The van der Waals surface area contributed by atoms with Gasteiger partial charge in [-0.1, -0.05) is 18.2 Å². The van der Waals surface area contributed by atoms with Gasteiger partial charge in [0, 0.05) is 23.8 Å². The summed E-state index contributed by atoms with van der Waals surface area (Å²) in [6.45, 7) is 2.55. The van der Waals surface area contributed by atoms with Crippen LogP contribution in [0.25, 0.3) is 0 Å². The Balaban J connectivity index is 1.60. The van der Waals surface area contributed by atoms with Crippen LogP contribution in [0.4, 0.5) is 11.4 Å². The highest BCUT2D eigenvalue weighted by molar-refractivity contribution is 7.92. The molecule has 0 aromatic heterocycles. The Morgan fingerprint density at radius 1 is 1.04 bits per heavy atom. The second kappa shape index (κ2) is 6.43. The summed E-state index contributed by atoms with van der Waals surface area (Å²) in [5.74, 6) is 0.144. The molecule has 4 rings (SSSR count). The highest BCUT2D eigenvalue weighted by atomic mass is 32.2. The summed E-state index contributed by atoms with van der Waals surface area (Å²) in [6, 6.07) is 15.0. The Bertz CT molecular complexity index is 938. The largest absolute Gasteiger partial charge is 0.305 e. The number of rotatable bonds is 2. The first-order valence-electron chi connectivity index (χ1n) is 8.99. The van der Waals surface area contributed by atoms with Gasteiger partial charge in [0.25, 0.3) is 5.91 Å². The lowest BCUT2D eigenvalue weighted by molar-refractivity contribution is 0.0981. The molecule has 0 saturated carbocycles. The molecule has 26 heavy (non-hydrogen) atoms. The number of nitrogens with zero attached hydrogens (tertiary/aromatic N) is 2. The maximum Gasteiger partial charge on any atom is 0.258 e. The lowest BCUT2D eigenvalue weighted by Gasteiger charge is -2.28. The predicted octanol–water partition coefficient (Wildman–Crippen LogP) is 3.21. The third-order valence-electron chi connectivity index (χ3n) is 5.18. The van der Waals surface area contributed by atoms with Gasteiger partial charge < -0.3 is 4.90 Å². The molecule has 0 bridgehead atoms. The van der Waals surface area contributed by atoms with Crippen LogP contribution >= 0.6 is 0 Å². The van der Waals surface area contributed by atoms with Crippen molar-refractivity contribution in [2.45, 2.75) is 32.2 Å². The molecule has 2 aliphatic rings. The Hall–Kier alpha value is -2.34. The molecule has 6 heteroatoms. The fourth-order valence-electron chi connectivity index (χ4n) is 3.86. The molecule has 1 saturated heterocycles. The van der Waals surface area contributed by atoms with E-state index in [1.54, 1.807) is 24.3 Å². The van der Waals surface area contributed by atoms with E-state index >= 15 is 0 Å². The monoisotopic (exact) mass is 370 g/mol. The van der Waals surface area contributed by atoms with E-state index in [1.807, 2.05) is 30.0 Å². The van der Waals surface area contributed by atoms with Crippen LogP contribution in [0.5, 0.6) is 0 Å². The van der Waals surface area contributed by atoms with Crippen LogP contribution in [-0.4, -0.2) is 32.7 Å². The zero-order valence-corrected chi connectivity index (χ0v) is 15.6. The van der Waals surface area contributed by atoms with Crippen molar-refractivity contribution in [1.29, 1.82) is 0 Å². The Kier molecular flexibility index (Phi) is 4.23. The zero-order chi connectivity index (χ0) is 18.3. The minimum absolute atomic E-state index is 0.0458. The highest BCUT2D eigenvalue weighted by Gasteiger charge is 2.31. The molecule has 0 radical (unpaired) electrons. The summed E-state index contributed by atoms with van der Waals surface area (Å²) in [7, 11) is -3.24. The van der Waals surface area contributed by atoms with Crippen molar-refractivity contribution in [3.05, 3.63) is 59.7 Å². The molecule has 0 unspecified atom stereocenters. The van der Waals surface area contributed by atoms with Crippen LogP contribution < -0.4 is 9.21 Å². The number of anilines is 2. The van der Waals surface area contributed by atoms with Gasteiger partial charge in [0.2, 0.25) is 10.0 Å². The van der Waals surface area contributed by atoms with Crippen molar-refractivity contribution in [3.8, 4) is 0 Å². The Labute approximate surface area is 154 Å². The van der Waals surface area contributed by atoms with Gasteiger partial charge in [0.05, 0.1) is 11.4 Å². The standard InChI is InChI=1S/C20H22N2O3S/c1-15-14-17-6-2-3-7-19(17)22(15)20(23)16-8-10-18(11-9-16)21-12-4-5-13-26(21,24)25/h2-3,6-11,15H,4-5,12-14H2,1H3/t15-/m0/s1. The van der Waals surface area contributed by atoms with Crippen LogP contribution in [0.2, 0.25) is 0 Å². The molecule has 2 aliphatic heterocycles. The van der Waals surface area contributed by atoms with E-state index < -0.39 is 10.0 Å². The van der Waals surface area contributed by atoms with Gasteiger partial charge in [-0.2, -0.15) is 0 Å². The number of carbonyl (C=O) groups is 1. The zero-order valence-electron chi connectivity index (χ0n) is 14.8. The molecule has 2 aromatic rings. The molecule has 0 aliphatic carbocycles. The number of sulfonamides is 1. The average molecular weight is 370 g/mol. The van der Waals surface area contributed by atoms with Gasteiger partial charge in [-0.3, -0.25) is 9.10 Å². The normalized spacial score (nSPS) is 21.5. The SMILES string of the molecule is C[C@H]1Cc2ccccc2N1C(=O)c1ccc(N2CCCCS2(=O)=O)cc1. The molecule has 5 nitrogen and oxygen atoms in total. The second-order valence-electron chi connectivity index (χ2n) is 7.00. The van der Waals surface area contributed by atoms with Crippen LogP contribution in [0, 0.1) is 0 Å². The Morgan fingerprint density at radius 2 is 1.77 bits per heavy atom. The summed E-state index contributed by atoms with van der Waals surface area (Å²) < 4.78 is 25.9. The topological polar surface area (TPSA) is 57.7 Å². The number of hydrogen-bond donors (Lipinski definition) is 0. The van der Waals surface area contributed by atoms with E-state index in [1.165, 1.54) is 9.87 Å². The van der Waals surface area contributed by atoms with E-state index in [-0.39, 0.29) is 17.7 Å². The van der Waals surface area contributed by atoms with E-state index in [4.69, 9.17) is 0 Å². The van der Waals surface area contributed by atoms with Crippen LogP contribution in [0.1, 0.15) is 35.7 Å². The number of para-hydroxylation sites is 1. The summed E-state index contributed by atoms with van der Waals surface area (Å²) in [5, 5.41) is 0. The third kappa shape index (κ3) is 2.88. The van der Waals surface area contributed by atoms with E-state index in [0.29, 0.717) is 24.2 Å². The average Bonchev–Trinajstić information content (AvgIpc) is 2.97. The first-order chi connectivity index (χ1) is 12.5. The number of fused-ring (bicyclic) bond motifs is 1. The molecule has 0 N–H and O–H groups in total. The van der Waals surface area contributed by atoms with Gasteiger partial charge in [0.15, 0.2) is 0 Å². The first-order valence-corrected chi connectivity index (χ1v) is 10.6. The van der Waals surface area contributed by atoms with E-state index in [2.05, 4.69) is 6.07 Å². The van der Waals surface area contributed by atoms with Gasteiger partial charge in [-0.15, -0.1) is 0 Å². The predicted molar refractivity (Wildman–Crippen MR) is 103 cm³/mol. The number of amides is 1. The molecule has 1 amide bonds. The minimum atomic E-state index is -3.24. The molecule has 0 spiro atoms. The maximum atomic E-state index is 13.0. The molecule has 2 heterocycles. The quantitative estimate of drug-likeness (QED) is 0.816. The summed E-state index contributed by atoms with van der Waals surface area (Å²) in [6.07, 6.45) is 2.43. The minimum Gasteiger partial charge on any atom is -0.305 e. The van der Waals surface area contributed by atoms with Crippen LogP contribution in [-0.2, 0) is 16.4 Å². The lowest BCUT2D eigenvalue weighted by Crippen LogP contribution is -2.38. The summed E-state index contributed by atoms with van der Waals surface area (Å²) in [4.78, 5) is 14.9. The first kappa shape index (κ1) is 17.1. The van der Waals surface area contributed by atoms with Crippen molar-refractivity contribution in [2.75, 3.05) is 21.5 Å². The maximum absolute atomic E-state index is 13.0. The van der Waals surface area contributed by atoms with Crippen LogP contribution in [0.15, 0.2) is 48.5 Å². The molecule has 2 aromatic carbocycles. The number of benzene rings is 2.